The SMILES string of the molecule is O=C(CCN(c1nc(C2CC2)nc2ccccc12)C1CC1)NCc1ccccc1. The maximum Gasteiger partial charge on any atom is 0.222 e. The van der Waals surface area contributed by atoms with Crippen LogP contribution in [0.5, 0.6) is 0 Å². The highest BCUT2D eigenvalue weighted by Gasteiger charge is 2.33. The van der Waals surface area contributed by atoms with Crippen molar-refractivity contribution in [1.82, 2.24) is 15.3 Å². The number of hydrogen-bond acceptors (Lipinski definition) is 4. The molecule has 0 spiro atoms. The van der Waals surface area contributed by atoms with Crippen molar-refractivity contribution in [3.63, 3.8) is 0 Å². The van der Waals surface area contributed by atoms with Crippen LogP contribution in [-0.2, 0) is 11.3 Å². The molecule has 5 rings (SSSR count). The number of carbonyl (C=O) groups is 1. The topological polar surface area (TPSA) is 58.1 Å². The molecule has 0 aliphatic heterocycles. The summed E-state index contributed by atoms with van der Waals surface area (Å²) in [5.74, 6) is 2.57. The quantitative estimate of drug-likeness (QED) is 0.631. The molecule has 2 fully saturated rings. The molecule has 0 saturated heterocycles. The van der Waals surface area contributed by atoms with Crippen LogP contribution in [0.4, 0.5) is 5.82 Å². The highest BCUT2D eigenvalue weighted by Crippen LogP contribution is 2.41. The van der Waals surface area contributed by atoms with E-state index in [1.54, 1.807) is 0 Å². The van der Waals surface area contributed by atoms with Crippen molar-refractivity contribution < 1.29 is 4.79 Å². The summed E-state index contributed by atoms with van der Waals surface area (Å²) in [5.41, 5.74) is 2.13. The van der Waals surface area contributed by atoms with Gasteiger partial charge in [0.15, 0.2) is 0 Å². The molecule has 1 aromatic heterocycles. The molecule has 148 valence electrons. The van der Waals surface area contributed by atoms with Gasteiger partial charge in [-0.25, -0.2) is 9.97 Å². The normalized spacial score (nSPS) is 16.0. The number of nitrogens with zero attached hydrogens (tertiary/aromatic N) is 3. The first-order chi connectivity index (χ1) is 14.3. The highest BCUT2D eigenvalue weighted by molar-refractivity contribution is 5.90. The summed E-state index contributed by atoms with van der Waals surface area (Å²) < 4.78 is 0. The number of nitrogens with one attached hydrogen (secondary N) is 1. The van der Waals surface area contributed by atoms with E-state index in [-0.39, 0.29) is 5.91 Å². The first-order valence-corrected chi connectivity index (χ1v) is 10.6. The van der Waals surface area contributed by atoms with E-state index < -0.39 is 0 Å². The van der Waals surface area contributed by atoms with Gasteiger partial charge in [0.05, 0.1) is 5.52 Å². The Hall–Kier alpha value is -2.95. The summed E-state index contributed by atoms with van der Waals surface area (Å²) in [5, 5.41) is 4.13. The highest BCUT2D eigenvalue weighted by atomic mass is 16.1. The Balaban J connectivity index is 1.32. The van der Waals surface area contributed by atoms with Gasteiger partial charge in [-0.3, -0.25) is 4.79 Å². The van der Waals surface area contributed by atoms with Gasteiger partial charge in [0.1, 0.15) is 11.6 Å². The van der Waals surface area contributed by atoms with E-state index in [2.05, 4.69) is 22.3 Å². The van der Waals surface area contributed by atoms with Gasteiger partial charge in [-0.05, 0) is 43.4 Å². The van der Waals surface area contributed by atoms with Gasteiger partial charge in [-0.15, -0.1) is 0 Å². The van der Waals surface area contributed by atoms with Crippen molar-refractivity contribution in [3.8, 4) is 0 Å². The molecule has 1 N–H and O–H groups in total. The fraction of sp³-hybridized carbons (Fsp3) is 0.375. The largest absolute Gasteiger partial charge is 0.352 e. The lowest BCUT2D eigenvalue weighted by Crippen LogP contribution is -2.33. The minimum Gasteiger partial charge on any atom is -0.352 e. The maximum atomic E-state index is 12.5. The van der Waals surface area contributed by atoms with Crippen molar-refractivity contribution in [2.75, 3.05) is 11.4 Å². The molecule has 1 heterocycles. The van der Waals surface area contributed by atoms with Crippen LogP contribution in [-0.4, -0.2) is 28.5 Å². The van der Waals surface area contributed by atoms with Crippen molar-refractivity contribution >= 4 is 22.6 Å². The summed E-state index contributed by atoms with van der Waals surface area (Å²) >= 11 is 0. The molecule has 5 heteroatoms. The average molecular weight is 386 g/mol. The van der Waals surface area contributed by atoms with Gasteiger partial charge in [0.25, 0.3) is 0 Å². The Labute approximate surface area is 171 Å². The molecule has 29 heavy (non-hydrogen) atoms. The molecule has 2 aromatic carbocycles. The van der Waals surface area contributed by atoms with Gasteiger partial charge in [0.2, 0.25) is 5.91 Å². The molecule has 2 aliphatic carbocycles. The second-order valence-corrected chi connectivity index (χ2v) is 8.13. The van der Waals surface area contributed by atoms with Crippen molar-refractivity contribution in [2.45, 2.75) is 50.6 Å². The molecular weight excluding hydrogens is 360 g/mol. The Morgan fingerprint density at radius 2 is 1.72 bits per heavy atom. The molecule has 0 bridgehead atoms. The third-order valence-electron chi connectivity index (χ3n) is 5.71. The third-order valence-corrected chi connectivity index (χ3v) is 5.71. The number of hydrogen-bond donors (Lipinski definition) is 1. The molecule has 0 unspecified atom stereocenters. The zero-order valence-corrected chi connectivity index (χ0v) is 16.6. The van der Waals surface area contributed by atoms with Gasteiger partial charge < -0.3 is 10.2 Å². The van der Waals surface area contributed by atoms with Crippen molar-refractivity contribution in [1.29, 1.82) is 0 Å². The monoisotopic (exact) mass is 386 g/mol. The first kappa shape index (κ1) is 18.1. The molecule has 2 aliphatic rings. The summed E-state index contributed by atoms with van der Waals surface area (Å²) in [7, 11) is 0. The number of carbonyl (C=O) groups excluding carboxylic acids is 1. The zero-order chi connectivity index (χ0) is 19.6. The van der Waals surface area contributed by atoms with Crippen LogP contribution in [0.1, 0.15) is 49.4 Å². The van der Waals surface area contributed by atoms with Crippen LogP contribution < -0.4 is 10.2 Å². The molecule has 0 radical (unpaired) electrons. The molecular formula is C24H26N4O. The minimum atomic E-state index is 0.0836. The number of amides is 1. The summed E-state index contributed by atoms with van der Waals surface area (Å²) in [6, 6.07) is 18.8. The predicted molar refractivity (Wildman–Crippen MR) is 115 cm³/mol. The number of anilines is 1. The van der Waals surface area contributed by atoms with E-state index in [0.29, 0.717) is 31.5 Å². The number of fused-ring (bicyclic) bond motifs is 1. The Morgan fingerprint density at radius 1 is 0.966 bits per heavy atom. The fourth-order valence-electron chi connectivity index (χ4n) is 3.77. The number of aromatic nitrogens is 2. The Bertz CT molecular complexity index is 1010. The molecule has 1 amide bonds. The van der Waals surface area contributed by atoms with E-state index in [9.17, 15) is 4.79 Å². The molecule has 3 aromatic rings. The van der Waals surface area contributed by atoms with Crippen molar-refractivity contribution in [2.24, 2.45) is 0 Å². The van der Waals surface area contributed by atoms with Crippen LogP contribution >= 0.6 is 0 Å². The van der Waals surface area contributed by atoms with E-state index in [0.717, 1.165) is 28.1 Å². The van der Waals surface area contributed by atoms with Crippen molar-refractivity contribution in [3.05, 3.63) is 66.0 Å². The lowest BCUT2D eigenvalue weighted by molar-refractivity contribution is -0.121. The molecule has 0 atom stereocenters. The number of benzene rings is 2. The van der Waals surface area contributed by atoms with Crippen LogP contribution in [0.25, 0.3) is 10.9 Å². The van der Waals surface area contributed by atoms with Gasteiger partial charge >= 0.3 is 0 Å². The summed E-state index contributed by atoms with van der Waals surface area (Å²) in [6.07, 6.45) is 5.18. The molecule has 5 nitrogen and oxygen atoms in total. The zero-order valence-electron chi connectivity index (χ0n) is 16.6. The van der Waals surface area contributed by atoms with Gasteiger partial charge in [-0.1, -0.05) is 42.5 Å². The maximum absolute atomic E-state index is 12.5. The van der Waals surface area contributed by atoms with E-state index in [1.807, 2.05) is 42.5 Å². The van der Waals surface area contributed by atoms with Crippen LogP contribution in [0.3, 0.4) is 0 Å². The Kier molecular flexibility index (Phi) is 4.88. The van der Waals surface area contributed by atoms with E-state index in [4.69, 9.17) is 9.97 Å². The summed E-state index contributed by atoms with van der Waals surface area (Å²) in [6.45, 7) is 1.27. The standard InChI is InChI=1S/C24H26N4O/c29-22(25-16-17-6-2-1-3-7-17)14-15-28(19-12-13-19)24-20-8-4-5-9-21(20)26-23(27-24)18-10-11-18/h1-9,18-19H,10-16H2,(H,25,29). The average Bonchev–Trinajstić information content (AvgIpc) is 3.66. The lowest BCUT2D eigenvalue weighted by Gasteiger charge is -2.25. The van der Waals surface area contributed by atoms with Gasteiger partial charge in [0, 0.05) is 36.9 Å². The van der Waals surface area contributed by atoms with Gasteiger partial charge in [-0.2, -0.15) is 0 Å². The summed E-state index contributed by atoms with van der Waals surface area (Å²) in [4.78, 5) is 24.6. The second kappa shape index (κ2) is 7.82. The minimum absolute atomic E-state index is 0.0836. The predicted octanol–water partition coefficient (Wildman–Crippen LogP) is 4.18. The third kappa shape index (κ3) is 4.24. The van der Waals surface area contributed by atoms with Crippen LogP contribution in [0.15, 0.2) is 54.6 Å². The van der Waals surface area contributed by atoms with Crippen LogP contribution in [0, 0.1) is 0 Å². The fourth-order valence-corrected chi connectivity index (χ4v) is 3.77. The van der Waals surface area contributed by atoms with Crippen LogP contribution in [0.2, 0.25) is 0 Å². The number of rotatable bonds is 8. The smallest absolute Gasteiger partial charge is 0.222 e. The second-order valence-electron chi connectivity index (χ2n) is 8.13. The first-order valence-electron chi connectivity index (χ1n) is 10.6. The lowest BCUT2D eigenvalue weighted by atomic mass is 10.2. The molecule has 2 saturated carbocycles. The Morgan fingerprint density at radius 3 is 2.48 bits per heavy atom. The number of para-hydroxylation sites is 1. The van der Waals surface area contributed by atoms with E-state index in [1.165, 1.54) is 25.7 Å². The van der Waals surface area contributed by atoms with E-state index >= 15 is 0 Å².